The van der Waals surface area contributed by atoms with Gasteiger partial charge in [0.2, 0.25) is 5.88 Å². The Morgan fingerprint density at radius 2 is 2.15 bits per heavy atom. The van der Waals surface area contributed by atoms with E-state index in [1.807, 2.05) is 12.3 Å². The predicted octanol–water partition coefficient (Wildman–Crippen LogP) is 3.04. The van der Waals surface area contributed by atoms with Crippen LogP contribution in [-0.2, 0) is 0 Å². The molecule has 0 aliphatic rings. The van der Waals surface area contributed by atoms with Gasteiger partial charge in [-0.3, -0.25) is 0 Å². The molecule has 0 saturated heterocycles. The number of hydrogen-bond donors (Lipinski definition) is 1. The Labute approximate surface area is 119 Å². The minimum Gasteiger partial charge on any atom is -0.436 e. The van der Waals surface area contributed by atoms with Crippen molar-refractivity contribution in [1.29, 1.82) is 5.26 Å². The Kier molecular flexibility index (Phi) is 4.38. The highest BCUT2D eigenvalue weighted by atomic mass is 32.2. The lowest BCUT2D eigenvalue weighted by Gasteiger charge is -2.08. The Morgan fingerprint density at radius 1 is 1.35 bits per heavy atom. The number of nitrogens with zero attached hydrogens (tertiary/aromatic N) is 3. The number of aromatic nitrogens is 2. The van der Waals surface area contributed by atoms with E-state index in [0.29, 0.717) is 11.0 Å². The molecule has 0 aliphatic heterocycles. The van der Waals surface area contributed by atoms with E-state index < -0.39 is 5.82 Å². The molecular formula is C13H11FN4OS. The number of nitrogens with one attached hydrogen (secondary N) is 1. The van der Waals surface area contributed by atoms with Gasteiger partial charge in [0, 0.05) is 13.1 Å². The van der Waals surface area contributed by atoms with Crippen LogP contribution < -0.4 is 10.1 Å². The highest BCUT2D eigenvalue weighted by Crippen LogP contribution is 2.26. The van der Waals surface area contributed by atoms with Crippen molar-refractivity contribution in [3.8, 4) is 17.7 Å². The molecule has 1 aromatic heterocycles. The zero-order chi connectivity index (χ0) is 14.5. The maximum atomic E-state index is 13.7. The SMILES string of the molecule is CNc1cc(Oc2ccc(C#N)cc2F)nc(SC)n1. The highest BCUT2D eigenvalue weighted by molar-refractivity contribution is 7.98. The fourth-order valence-corrected chi connectivity index (χ4v) is 1.81. The largest absolute Gasteiger partial charge is 0.436 e. The molecule has 0 unspecified atom stereocenters. The summed E-state index contributed by atoms with van der Waals surface area (Å²) in [5, 5.41) is 12.1. The second kappa shape index (κ2) is 6.21. The molecule has 0 bridgehead atoms. The maximum Gasteiger partial charge on any atom is 0.225 e. The number of benzene rings is 1. The topological polar surface area (TPSA) is 70.8 Å². The summed E-state index contributed by atoms with van der Waals surface area (Å²) in [5.41, 5.74) is 0.234. The standard InChI is InChI=1S/C13H11FN4OS/c1-16-11-6-12(18-13(17-11)20-2)19-10-4-3-8(7-15)5-9(10)14/h3-6H,1-2H3,(H,16,17,18). The van der Waals surface area contributed by atoms with E-state index in [9.17, 15) is 4.39 Å². The van der Waals surface area contributed by atoms with Crippen LogP contribution in [0.3, 0.4) is 0 Å². The predicted molar refractivity (Wildman–Crippen MR) is 74.5 cm³/mol. The number of rotatable bonds is 4. The highest BCUT2D eigenvalue weighted by Gasteiger charge is 2.09. The van der Waals surface area contributed by atoms with Crippen molar-refractivity contribution >= 4 is 17.6 Å². The molecule has 1 N–H and O–H groups in total. The first-order valence-electron chi connectivity index (χ1n) is 5.64. The van der Waals surface area contributed by atoms with Gasteiger partial charge in [0.25, 0.3) is 0 Å². The van der Waals surface area contributed by atoms with Gasteiger partial charge in [0.05, 0.1) is 11.6 Å². The van der Waals surface area contributed by atoms with Crippen molar-refractivity contribution in [2.45, 2.75) is 5.16 Å². The number of ether oxygens (including phenoxy) is 1. The van der Waals surface area contributed by atoms with E-state index in [1.165, 1.54) is 23.9 Å². The molecule has 102 valence electrons. The van der Waals surface area contributed by atoms with Crippen LogP contribution in [-0.4, -0.2) is 23.3 Å². The molecule has 2 rings (SSSR count). The van der Waals surface area contributed by atoms with Crippen molar-refractivity contribution in [3.63, 3.8) is 0 Å². The molecule has 0 radical (unpaired) electrons. The average Bonchev–Trinajstić information content (AvgIpc) is 2.48. The molecule has 0 aliphatic carbocycles. The van der Waals surface area contributed by atoms with E-state index in [0.717, 1.165) is 6.07 Å². The van der Waals surface area contributed by atoms with Crippen molar-refractivity contribution in [1.82, 2.24) is 9.97 Å². The summed E-state index contributed by atoms with van der Waals surface area (Å²) >= 11 is 1.35. The Morgan fingerprint density at radius 3 is 2.75 bits per heavy atom. The van der Waals surface area contributed by atoms with Gasteiger partial charge in [-0.2, -0.15) is 10.2 Å². The van der Waals surface area contributed by atoms with Gasteiger partial charge in [-0.15, -0.1) is 0 Å². The number of nitriles is 1. The van der Waals surface area contributed by atoms with Crippen molar-refractivity contribution in [3.05, 3.63) is 35.6 Å². The molecule has 0 spiro atoms. The summed E-state index contributed by atoms with van der Waals surface area (Å²) in [6.07, 6.45) is 1.83. The molecule has 7 heteroatoms. The third kappa shape index (κ3) is 3.16. The van der Waals surface area contributed by atoms with Gasteiger partial charge >= 0.3 is 0 Å². The zero-order valence-corrected chi connectivity index (χ0v) is 11.7. The first kappa shape index (κ1) is 14.1. The van der Waals surface area contributed by atoms with Gasteiger partial charge in [0.1, 0.15) is 5.82 Å². The maximum absolute atomic E-state index is 13.7. The van der Waals surface area contributed by atoms with E-state index in [2.05, 4.69) is 15.3 Å². The molecule has 5 nitrogen and oxygen atoms in total. The van der Waals surface area contributed by atoms with Crippen LogP contribution in [0.15, 0.2) is 29.4 Å². The van der Waals surface area contributed by atoms with Crippen LogP contribution >= 0.6 is 11.8 Å². The number of thioether (sulfide) groups is 1. The van der Waals surface area contributed by atoms with E-state index in [1.54, 1.807) is 13.1 Å². The lowest BCUT2D eigenvalue weighted by molar-refractivity contribution is 0.422. The summed E-state index contributed by atoms with van der Waals surface area (Å²) in [4.78, 5) is 8.32. The summed E-state index contributed by atoms with van der Waals surface area (Å²) in [6.45, 7) is 0. The van der Waals surface area contributed by atoms with Crippen LogP contribution in [0.25, 0.3) is 0 Å². The third-order valence-electron chi connectivity index (χ3n) is 2.40. The van der Waals surface area contributed by atoms with Crippen molar-refractivity contribution in [2.24, 2.45) is 0 Å². The summed E-state index contributed by atoms with van der Waals surface area (Å²) in [5.74, 6) is 0.210. The Bertz CT molecular complexity index is 650. The zero-order valence-electron chi connectivity index (χ0n) is 10.8. The number of halogens is 1. The van der Waals surface area contributed by atoms with Gasteiger partial charge in [-0.05, 0) is 24.5 Å². The summed E-state index contributed by atoms with van der Waals surface area (Å²) in [6, 6.07) is 7.42. The molecule has 0 atom stereocenters. The second-order valence-corrected chi connectivity index (χ2v) is 4.46. The average molecular weight is 290 g/mol. The molecule has 0 amide bonds. The molecule has 0 saturated carbocycles. The molecule has 0 fully saturated rings. The first-order chi connectivity index (χ1) is 9.66. The molecule has 2 aromatic rings. The second-order valence-electron chi connectivity index (χ2n) is 3.69. The summed E-state index contributed by atoms with van der Waals surface area (Å²) in [7, 11) is 1.72. The van der Waals surface area contributed by atoms with Gasteiger partial charge in [-0.25, -0.2) is 9.37 Å². The van der Waals surface area contributed by atoms with E-state index in [4.69, 9.17) is 10.00 Å². The van der Waals surface area contributed by atoms with Crippen LogP contribution in [0.4, 0.5) is 10.2 Å². The van der Waals surface area contributed by atoms with Crippen LogP contribution in [0, 0.1) is 17.1 Å². The lowest BCUT2D eigenvalue weighted by atomic mass is 10.2. The summed E-state index contributed by atoms with van der Waals surface area (Å²) < 4.78 is 19.2. The van der Waals surface area contributed by atoms with Crippen LogP contribution in [0.5, 0.6) is 11.6 Å². The van der Waals surface area contributed by atoms with Crippen LogP contribution in [0.1, 0.15) is 5.56 Å². The minimum atomic E-state index is -0.612. The molecule has 1 heterocycles. The smallest absolute Gasteiger partial charge is 0.225 e. The Balaban J connectivity index is 2.32. The van der Waals surface area contributed by atoms with Gasteiger partial charge in [-0.1, -0.05) is 11.8 Å². The molecule has 1 aromatic carbocycles. The minimum absolute atomic E-state index is 0.0109. The normalized spacial score (nSPS) is 9.90. The van der Waals surface area contributed by atoms with Crippen molar-refractivity contribution in [2.75, 3.05) is 18.6 Å². The first-order valence-corrected chi connectivity index (χ1v) is 6.87. The molecule has 20 heavy (non-hydrogen) atoms. The lowest BCUT2D eigenvalue weighted by Crippen LogP contribution is -1.99. The van der Waals surface area contributed by atoms with Gasteiger partial charge in [0.15, 0.2) is 16.7 Å². The monoisotopic (exact) mass is 290 g/mol. The quantitative estimate of drug-likeness (QED) is 0.689. The number of anilines is 1. The Hall–Kier alpha value is -2.33. The number of hydrogen-bond acceptors (Lipinski definition) is 6. The third-order valence-corrected chi connectivity index (χ3v) is 2.94. The van der Waals surface area contributed by atoms with E-state index in [-0.39, 0.29) is 17.2 Å². The van der Waals surface area contributed by atoms with E-state index >= 15 is 0 Å². The van der Waals surface area contributed by atoms with Crippen LogP contribution in [0.2, 0.25) is 0 Å². The van der Waals surface area contributed by atoms with Gasteiger partial charge < -0.3 is 10.1 Å². The fraction of sp³-hybridized carbons (Fsp3) is 0.154. The van der Waals surface area contributed by atoms with Crippen molar-refractivity contribution < 1.29 is 9.13 Å². The molecular weight excluding hydrogens is 279 g/mol. The fourth-order valence-electron chi connectivity index (χ4n) is 1.44.